The average molecular weight is 365 g/mol. The van der Waals surface area contributed by atoms with Crippen LogP contribution in [-0.4, -0.2) is 31.0 Å². The molecule has 0 saturated carbocycles. The summed E-state index contributed by atoms with van der Waals surface area (Å²) in [6.07, 6.45) is 7.54. The molecule has 0 aliphatic heterocycles. The Bertz CT molecular complexity index is 960. The summed E-state index contributed by atoms with van der Waals surface area (Å²) in [6, 6.07) is 9.67. The summed E-state index contributed by atoms with van der Waals surface area (Å²) >= 11 is 1.39. The van der Waals surface area contributed by atoms with Gasteiger partial charge in [-0.1, -0.05) is 11.8 Å². The van der Waals surface area contributed by atoms with E-state index in [1.165, 1.54) is 11.8 Å². The van der Waals surface area contributed by atoms with Crippen LogP contribution in [0.3, 0.4) is 0 Å². The van der Waals surface area contributed by atoms with Gasteiger partial charge in [0.15, 0.2) is 11.4 Å². The fourth-order valence-electron chi connectivity index (χ4n) is 2.60. The Balaban J connectivity index is 1.83. The van der Waals surface area contributed by atoms with Crippen LogP contribution in [-0.2, 0) is 6.54 Å². The number of aliphatic imine (C=N–C) groups is 1. The largest absolute Gasteiger partial charge is 0.271 e. The van der Waals surface area contributed by atoms with E-state index in [-0.39, 0.29) is 0 Å². The van der Waals surface area contributed by atoms with Crippen LogP contribution in [0.2, 0.25) is 0 Å². The van der Waals surface area contributed by atoms with Gasteiger partial charge in [-0.05, 0) is 50.4 Å². The SMILES string of the molecule is CCn1ncc(-c2ccn(-c3ccc(N=C(NC#N)SC)cc3)n2)c1C. The zero-order valence-corrected chi connectivity index (χ0v) is 15.7. The topological polar surface area (TPSA) is 83.8 Å². The van der Waals surface area contributed by atoms with E-state index in [0.29, 0.717) is 5.17 Å². The average Bonchev–Trinajstić information content (AvgIpc) is 3.28. The number of benzene rings is 1. The molecule has 0 unspecified atom stereocenters. The number of nitriles is 1. The number of aryl methyl sites for hydroxylation is 1. The summed E-state index contributed by atoms with van der Waals surface area (Å²) in [7, 11) is 0. The number of nitrogens with zero attached hydrogens (tertiary/aromatic N) is 6. The molecular weight excluding hydrogens is 346 g/mol. The quantitative estimate of drug-likeness (QED) is 0.331. The third-order valence-electron chi connectivity index (χ3n) is 3.97. The molecule has 0 spiro atoms. The summed E-state index contributed by atoms with van der Waals surface area (Å²) in [5.74, 6) is 0. The van der Waals surface area contributed by atoms with Gasteiger partial charge in [0, 0.05) is 24.0 Å². The highest BCUT2D eigenvalue weighted by Gasteiger charge is 2.11. The second-order valence-electron chi connectivity index (χ2n) is 5.48. The van der Waals surface area contributed by atoms with Gasteiger partial charge in [-0.15, -0.1) is 0 Å². The number of thioether (sulfide) groups is 1. The van der Waals surface area contributed by atoms with Crippen molar-refractivity contribution in [1.82, 2.24) is 24.9 Å². The fraction of sp³-hybridized carbons (Fsp3) is 0.222. The van der Waals surface area contributed by atoms with E-state index >= 15 is 0 Å². The van der Waals surface area contributed by atoms with Gasteiger partial charge in [-0.3, -0.25) is 10.00 Å². The van der Waals surface area contributed by atoms with Crippen molar-refractivity contribution in [3.8, 4) is 23.1 Å². The molecule has 2 aromatic heterocycles. The molecule has 0 aliphatic rings. The lowest BCUT2D eigenvalue weighted by Crippen LogP contribution is -2.12. The number of amidine groups is 1. The van der Waals surface area contributed by atoms with Crippen LogP contribution in [0.5, 0.6) is 0 Å². The number of nitrogens with one attached hydrogen (secondary N) is 1. The molecule has 0 radical (unpaired) electrons. The van der Waals surface area contributed by atoms with E-state index in [4.69, 9.17) is 5.26 Å². The minimum absolute atomic E-state index is 0.560. The van der Waals surface area contributed by atoms with Crippen LogP contribution in [0.1, 0.15) is 12.6 Å². The Kier molecular flexibility index (Phi) is 5.39. The van der Waals surface area contributed by atoms with Gasteiger partial charge < -0.3 is 0 Å². The normalized spacial score (nSPS) is 11.4. The standard InChI is InChI=1S/C18H19N7S/c1-4-24-13(2)16(11-21-24)17-9-10-25(23-17)15-7-5-14(6-8-15)22-18(26-3)20-12-19/h5-11H,4H2,1-3H3,(H,20,22). The number of hydrogen-bond acceptors (Lipinski definition) is 5. The minimum Gasteiger partial charge on any atom is -0.271 e. The maximum Gasteiger partial charge on any atom is 0.183 e. The van der Waals surface area contributed by atoms with Crippen LogP contribution >= 0.6 is 11.8 Å². The lowest BCUT2D eigenvalue weighted by Gasteiger charge is -2.03. The highest BCUT2D eigenvalue weighted by Crippen LogP contribution is 2.23. The number of rotatable bonds is 4. The Morgan fingerprint density at radius 1 is 1.31 bits per heavy atom. The third-order valence-corrected chi connectivity index (χ3v) is 4.55. The Morgan fingerprint density at radius 3 is 2.69 bits per heavy atom. The van der Waals surface area contributed by atoms with E-state index in [1.54, 1.807) is 0 Å². The molecule has 0 amide bonds. The number of aromatic nitrogens is 4. The van der Waals surface area contributed by atoms with Crippen molar-refractivity contribution >= 4 is 22.6 Å². The molecule has 0 bridgehead atoms. The first kappa shape index (κ1) is 17.8. The highest BCUT2D eigenvalue weighted by molar-refractivity contribution is 8.13. The number of hydrogen-bond donors (Lipinski definition) is 1. The summed E-state index contributed by atoms with van der Waals surface area (Å²) in [4.78, 5) is 4.38. The van der Waals surface area contributed by atoms with Crippen LogP contribution in [0, 0.1) is 18.4 Å². The van der Waals surface area contributed by atoms with E-state index in [9.17, 15) is 0 Å². The van der Waals surface area contributed by atoms with Gasteiger partial charge in [0.25, 0.3) is 0 Å². The molecule has 2 heterocycles. The molecule has 0 saturated heterocycles. The maximum atomic E-state index is 8.70. The van der Waals surface area contributed by atoms with Gasteiger partial charge >= 0.3 is 0 Å². The second kappa shape index (κ2) is 7.89. The molecule has 0 atom stereocenters. The maximum absolute atomic E-state index is 8.70. The second-order valence-corrected chi connectivity index (χ2v) is 6.27. The summed E-state index contributed by atoms with van der Waals surface area (Å²) < 4.78 is 3.79. The van der Waals surface area contributed by atoms with Gasteiger partial charge in [0.1, 0.15) is 0 Å². The van der Waals surface area contributed by atoms with Gasteiger partial charge in [-0.2, -0.15) is 15.5 Å². The summed E-state index contributed by atoms with van der Waals surface area (Å²) in [6.45, 7) is 4.96. The van der Waals surface area contributed by atoms with E-state index < -0.39 is 0 Å². The third kappa shape index (κ3) is 3.63. The van der Waals surface area contributed by atoms with Crippen LogP contribution in [0.4, 0.5) is 5.69 Å². The molecule has 26 heavy (non-hydrogen) atoms. The molecule has 7 nitrogen and oxygen atoms in total. The Labute approximate surface area is 156 Å². The van der Waals surface area contributed by atoms with Crippen molar-refractivity contribution in [2.45, 2.75) is 20.4 Å². The summed E-state index contributed by atoms with van der Waals surface area (Å²) in [5.41, 5.74) is 4.76. The molecule has 3 aromatic rings. The minimum atomic E-state index is 0.560. The molecule has 1 N–H and O–H groups in total. The summed E-state index contributed by atoms with van der Waals surface area (Å²) in [5, 5.41) is 20.9. The smallest absolute Gasteiger partial charge is 0.183 e. The van der Waals surface area contributed by atoms with Crippen molar-refractivity contribution in [1.29, 1.82) is 5.26 Å². The van der Waals surface area contributed by atoms with Gasteiger partial charge in [-0.25, -0.2) is 9.67 Å². The molecule has 1 aromatic carbocycles. The lowest BCUT2D eigenvalue weighted by molar-refractivity contribution is 0.640. The highest BCUT2D eigenvalue weighted by atomic mass is 32.2. The van der Waals surface area contributed by atoms with E-state index in [1.807, 2.05) is 64.5 Å². The van der Waals surface area contributed by atoms with Gasteiger partial charge in [0.2, 0.25) is 0 Å². The predicted octanol–water partition coefficient (Wildman–Crippen LogP) is 3.49. The molecule has 8 heteroatoms. The van der Waals surface area contributed by atoms with Crippen LogP contribution in [0.15, 0.2) is 47.7 Å². The monoisotopic (exact) mass is 365 g/mol. The first-order valence-corrected chi connectivity index (χ1v) is 9.35. The van der Waals surface area contributed by atoms with Crippen molar-refractivity contribution < 1.29 is 0 Å². The first-order valence-electron chi connectivity index (χ1n) is 8.13. The molecule has 132 valence electrons. The Hall–Kier alpha value is -3.05. The zero-order valence-electron chi connectivity index (χ0n) is 14.8. The van der Waals surface area contributed by atoms with Crippen molar-refractivity contribution in [3.05, 3.63) is 48.4 Å². The van der Waals surface area contributed by atoms with Crippen molar-refractivity contribution in [3.63, 3.8) is 0 Å². The van der Waals surface area contributed by atoms with Crippen molar-refractivity contribution in [2.24, 2.45) is 4.99 Å². The van der Waals surface area contributed by atoms with E-state index in [0.717, 1.165) is 34.9 Å². The zero-order chi connectivity index (χ0) is 18.5. The molecule has 3 rings (SSSR count). The molecular formula is C18H19N7S. The first-order chi connectivity index (χ1) is 12.7. The van der Waals surface area contributed by atoms with Crippen LogP contribution < -0.4 is 5.32 Å². The fourth-order valence-corrected chi connectivity index (χ4v) is 2.94. The molecule has 0 aliphatic carbocycles. The van der Waals surface area contributed by atoms with Crippen LogP contribution in [0.25, 0.3) is 16.9 Å². The van der Waals surface area contributed by atoms with Gasteiger partial charge in [0.05, 0.1) is 23.3 Å². The Morgan fingerprint density at radius 2 is 2.08 bits per heavy atom. The van der Waals surface area contributed by atoms with Crippen molar-refractivity contribution in [2.75, 3.05) is 6.26 Å². The lowest BCUT2D eigenvalue weighted by atomic mass is 10.2. The molecule has 0 fully saturated rings. The van der Waals surface area contributed by atoms with E-state index in [2.05, 4.69) is 34.4 Å². The predicted molar refractivity (Wildman–Crippen MR) is 105 cm³/mol.